The van der Waals surface area contributed by atoms with Gasteiger partial charge in [0, 0.05) is 11.6 Å². The van der Waals surface area contributed by atoms with Crippen LogP contribution in [0.15, 0.2) is 53.7 Å². The Labute approximate surface area is 262 Å². The van der Waals surface area contributed by atoms with Gasteiger partial charge in [0.25, 0.3) is 5.69 Å². The topological polar surface area (TPSA) is 133 Å². The molecule has 2 aromatic carbocycles. The molecule has 228 valence electrons. The molecule has 1 heterocycles. The summed E-state index contributed by atoms with van der Waals surface area (Å²) in [6.07, 6.45) is -1.04. The number of rotatable bonds is 4. The number of ketones is 1. The Morgan fingerprint density at radius 3 is 1.86 bits per heavy atom. The summed E-state index contributed by atoms with van der Waals surface area (Å²) < 4.78 is 24.7. The number of nitrogens with one attached hydrogen (secondary N) is 2. The molecule has 0 saturated carbocycles. The van der Waals surface area contributed by atoms with Crippen LogP contribution in [0.1, 0.15) is 57.5 Å². The molecule has 10 nitrogen and oxygen atoms in total. The van der Waals surface area contributed by atoms with Crippen LogP contribution >= 0.6 is 34.8 Å². The van der Waals surface area contributed by atoms with E-state index in [1.54, 1.807) is 47.6 Å². The molecule has 0 bridgehead atoms. The van der Waals surface area contributed by atoms with E-state index < -0.39 is 40.9 Å². The number of alkyl carbamates (subject to hydrolysis) is 2. The smallest absolute Gasteiger partial charge is 0.414 e. The van der Waals surface area contributed by atoms with E-state index in [0.717, 1.165) is 30.5 Å². The SMILES string of the molecule is CC(C)(C)OC(=O)NC(=Nc1c(C(=O)c2ccc(F)cc2Cl)cc[n+]([O-])c1-c1c(Cl)cccc1Cl)NC(=O)OC(C)(C)C. The van der Waals surface area contributed by atoms with Gasteiger partial charge in [-0.25, -0.2) is 19.0 Å². The van der Waals surface area contributed by atoms with Crippen molar-refractivity contribution in [1.29, 1.82) is 0 Å². The van der Waals surface area contributed by atoms with E-state index in [1.165, 1.54) is 12.1 Å². The molecule has 0 unspecified atom stereocenters. The fourth-order valence-corrected chi connectivity index (χ4v) is 4.42. The number of halogens is 4. The molecule has 14 heteroatoms. The molecular formula is C29H28Cl3FN4O6. The van der Waals surface area contributed by atoms with E-state index in [9.17, 15) is 24.0 Å². The predicted octanol–water partition coefficient (Wildman–Crippen LogP) is 7.35. The molecule has 0 aliphatic carbocycles. The molecular weight excluding hydrogens is 626 g/mol. The average Bonchev–Trinajstić information content (AvgIpc) is 2.82. The zero-order valence-corrected chi connectivity index (χ0v) is 26.2. The van der Waals surface area contributed by atoms with Crippen molar-refractivity contribution in [2.75, 3.05) is 0 Å². The lowest BCUT2D eigenvalue weighted by Crippen LogP contribution is -2.47. The standard InChI is InChI=1S/C29H28Cl3FN4O6/c1-28(2,3)42-26(39)35-25(36-27(40)43-29(4,5)6)34-22-17(24(38)16-11-10-15(33)14-20(16)32)12-13-37(41)23(22)21-18(30)8-7-9-19(21)31/h7-14H,1-6H3,(H2,34,35,36,39,40). The molecule has 0 fully saturated rings. The number of ether oxygens (including phenoxy) is 2. The molecule has 0 radical (unpaired) electrons. The first-order chi connectivity index (χ1) is 19.9. The second kappa shape index (κ2) is 13.2. The lowest BCUT2D eigenvalue weighted by molar-refractivity contribution is -0.593. The predicted molar refractivity (Wildman–Crippen MR) is 162 cm³/mol. The van der Waals surface area contributed by atoms with Gasteiger partial charge in [0.1, 0.15) is 17.0 Å². The minimum Gasteiger partial charge on any atom is -0.618 e. The maximum Gasteiger partial charge on any atom is 0.414 e. The Bertz CT molecular complexity index is 1560. The molecule has 3 aromatic rings. The number of amides is 2. The van der Waals surface area contributed by atoms with Crippen LogP contribution in [0.2, 0.25) is 15.1 Å². The minimum atomic E-state index is -1.03. The van der Waals surface area contributed by atoms with E-state index in [4.69, 9.17) is 44.3 Å². The van der Waals surface area contributed by atoms with Crippen molar-refractivity contribution in [2.45, 2.75) is 52.7 Å². The van der Waals surface area contributed by atoms with Gasteiger partial charge in [0.2, 0.25) is 5.96 Å². The number of pyridine rings is 1. The number of hydrogen-bond donors (Lipinski definition) is 2. The van der Waals surface area contributed by atoms with Crippen LogP contribution < -0.4 is 15.4 Å². The van der Waals surface area contributed by atoms with Crippen molar-refractivity contribution in [3.05, 3.63) is 85.9 Å². The normalized spacial score (nSPS) is 11.4. The second-order valence-electron chi connectivity index (χ2n) is 11.0. The fourth-order valence-electron chi connectivity index (χ4n) is 3.59. The van der Waals surface area contributed by atoms with E-state index in [2.05, 4.69) is 15.6 Å². The first-order valence-electron chi connectivity index (χ1n) is 12.7. The molecule has 2 N–H and O–H groups in total. The fraction of sp³-hybridized carbons (Fsp3) is 0.276. The largest absolute Gasteiger partial charge is 0.618 e. The summed E-state index contributed by atoms with van der Waals surface area (Å²) in [5, 5.41) is 17.7. The minimum absolute atomic E-state index is 0.00618. The molecule has 0 aliphatic rings. The number of guanidine groups is 1. The third-order valence-corrected chi connectivity index (χ3v) is 6.10. The van der Waals surface area contributed by atoms with Crippen molar-refractivity contribution < 1.29 is 33.0 Å². The number of carbonyl (C=O) groups is 3. The highest BCUT2D eigenvalue weighted by molar-refractivity contribution is 6.39. The quantitative estimate of drug-likeness (QED) is 0.0994. The number of benzene rings is 2. The van der Waals surface area contributed by atoms with Gasteiger partial charge >= 0.3 is 12.2 Å². The Morgan fingerprint density at radius 2 is 1.37 bits per heavy atom. The average molecular weight is 654 g/mol. The van der Waals surface area contributed by atoms with Crippen molar-refractivity contribution in [3.8, 4) is 11.3 Å². The summed E-state index contributed by atoms with van der Waals surface area (Å²) >= 11 is 19.1. The van der Waals surface area contributed by atoms with Gasteiger partial charge in [-0.3, -0.25) is 15.4 Å². The maximum atomic E-state index is 13.8. The van der Waals surface area contributed by atoms with Gasteiger partial charge in [-0.15, -0.1) is 0 Å². The Hall–Kier alpha value is -3.93. The zero-order valence-electron chi connectivity index (χ0n) is 24.0. The monoisotopic (exact) mass is 652 g/mol. The summed E-state index contributed by atoms with van der Waals surface area (Å²) in [6, 6.07) is 8.73. The molecule has 3 rings (SSSR count). The van der Waals surface area contributed by atoms with Gasteiger partial charge in [-0.05, 0) is 71.9 Å². The third kappa shape index (κ3) is 9.03. The number of aliphatic imine (C=N–C) groups is 1. The first-order valence-corrected chi connectivity index (χ1v) is 13.8. The maximum absolute atomic E-state index is 13.8. The van der Waals surface area contributed by atoms with Gasteiger partial charge in [0.15, 0.2) is 17.7 Å². The summed E-state index contributed by atoms with van der Waals surface area (Å²) in [7, 11) is 0. The Morgan fingerprint density at radius 1 is 0.837 bits per heavy atom. The van der Waals surface area contributed by atoms with E-state index >= 15 is 0 Å². The van der Waals surface area contributed by atoms with Crippen LogP contribution in [-0.2, 0) is 9.47 Å². The molecule has 0 aliphatic heterocycles. The molecule has 2 amide bonds. The van der Waals surface area contributed by atoms with Gasteiger partial charge in [0.05, 0.1) is 26.2 Å². The van der Waals surface area contributed by atoms with Crippen molar-refractivity contribution >= 4 is 64.4 Å². The molecule has 0 saturated heterocycles. The van der Waals surface area contributed by atoms with Gasteiger partial charge in [-0.2, -0.15) is 4.73 Å². The second-order valence-corrected chi connectivity index (χ2v) is 12.2. The molecule has 0 atom stereocenters. The molecule has 43 heavy (non-hydrogen) atoms. The van der Waals surface area contributed by atoms with E-state index in [0.29, 0.717) is 4.73 Å². The van der Waals surface area contributed by atoms with Crippen LogP contribution in [0.3, 0.4) is 0 Å². The number of aromatic nitrogens is 1. The highest BCUT2D eigenvalue weighted by Crippen LogP contribution is 2.40. The van der Waals surface area contributed by atoms with Crippen molar-refractivity contribution in [3.63, 3.8) is 0 Å². The van der Waals surface area contributed by atoms with Crippen LogP contribution in [0.5, 0.6) is 0 Å². The molecule has 1 aromatic heterocycles. The lowest BCUT2D eigenvalue weighted by atomic mass is 9.99. The Balaban J connectivity index is 2.35. The van der Waals surface area contributed by atoms with Crippen LogP contribution in [0.4, 0.5) is 19.7 Å². The van der Waals surface area contributed by atoms with Crippen LogP contribution in [0.25, 0.3) is 11.3 Å². The highest BCUT2D eigenvalue weighted by atomic mass is 35.5. The summed E-state index contributed by atoms with van der Waals surface area (Å²) in [6.45, 7) is 9.68. The number of carbonyl (C=O) groups excluding carboxylic acids is 3. The van der Waals surface area contributed by atoms with Crippen LogP contribution in [0, 0.1) is 11.0 Å². The van der Waals surface area contributed by atoms with Gasteiger partial charge in [-0.1, -0.05) is 40.9 Å². The summed E-state index contributed by atoms with van der Waals surface area (Å²) in [4.78, 5) is 43.6. The summed E-state index contributed by atoms with van der Waals surface area (Å²) in [5.74, 6) is -2.03. The Kier molecular flexibility index (Phi) is 10.3. The molecule has 0 spiro atoms. The zero-order chi connectivity index (χ0) is 32.3. The lowest BCUT2D eigenvalue weighted by Gasteiger charge is -2.22. The van der Waals surface area contributed by atoms with Crippen LogP contribution in [-0.4, -0.2) is 35.1 Å². The number of hydrogen-bond acceptors (Lipinski definition) is 7. The van der Waals surface area contributed by atoms with E-state index in [-0.39, 0.29) is 43.1 Å². The van der Waals surface area contributed by atoms with Gasteiger partial charge < -0.3 is 14.7 Å². The third-order valence-electron chi connectivity index (χ3n) is 5.16. The summed E-state index contributed by atoms with van der Waals surface area (Å²) in [5.41, 5.74) is -2.93. The van der Waals surface area contributed by atoms with Crippen molar-refractivity contribution in [1.82, 2.24) is 10.6 Å². The van der Waals surface area contributed by atoms with Crippen molar-refractivity contribution in [2.24, 2.45) is 4.99 Å². The van der Waals surface area contributed by atoms with E-state index in [1.807, 2.05) is 0 Å². The number of nitrogens with zero attached hydrogens (tertiary/aromatic N) is 2. The highest BCUT2D eigenvalue weighted by Gasteiger charge is 2.30. The first kappa shape index (κ1) is 33.6.